The molecule has 1 aromatic carbocycles. The van der Waals surface area contributed by atoms with Crippen molar-refractivity contribution in [3.8, 4) is 11.8 Å². The van der Waals surface area contributed by atoms with E-state index in [0.29, 0.717) is 19.0 Å². The molecule has 0 aliphatic heterocycles. The SMILES string of the molecule is CCCNCCOc1ccc(NS(=O)(=O)c2ccc([C@@H](C)CF)cc2)c(OC)n1. The van der Waals surface area contributed by atoms with Crippen molar-refractivity contribution >= 4 is 15.7 Å². The van der Waals surface area contributed by atoms with E-state index in [-0.39, 0.29) is 22.4 Å². The Kier molecular flexibility index (Phi) is 8.66. The van der Waals surface area contributed by atoms with Gasteiger partial charge < -0.3 is 14.8 Å². The van der Waals surface area contributed by atoms with E-state index in [1.165, 1.54) is 25.3 Å². The van der Waals surface area contributed by atoms with Gasteiger partial charge in [0, 0.05) is 18.5 Å². The molecule has 1 aromatic heterocycles. The lowest BCUT2D eigenvalue weighted by atomic mass is 10.0. The van der Waals surface area contributed by atoms with Crippen LogP contribution in [0.25, 0.3) is 0 Å². The topological polar surface area (TPSA) is 89.6 Å². The second-order valence-corrected chi connectivity index (χ2v) is 8.22. The zero-order valence-electron chi connectivity index (χ0n) is 16.9. The van der Waals surface area contributed by atoms with E-state index >= 15 is 0 Å². The van der Waals surface area contributed by atoms with Crippen molar-refractivity contribution in [2.24, 2.45) is 0 Å². The summed E-state index contributed by atoms with van der Waals surface area (Å²) in [6.45, 7) is 5.35. The van der Waals surface area contributed by atoms with E-state index in [2.05, 4.69) is 21.9 Å². The van der Waals surface area contributed by atoms with Crippen LogP contribution in [0.4, 0.5) is 10.1 Å². The fourth-order valence-corrected chi connectivity index (χ4v) is 3.59. The number of sulfonamides is 1. The van der Waals surface area contributed by atoms with Crippen molar-refractivity contribution in [3.63, 3.8) is 0 Å². The summed E-state index contributed by atoms with van der Waals surface area (Å²) < 4.78 is 51.3. The number of nitrogens with zero attached hydrogens (tertiary/aromatic N) is 1. The Morgan fingerprint density at radius 2 is 1.86 bits per heavy atom. The monoisotopic (exact) mass is 425 g/mol. The maximum absolute atomic E-state index is 12.8. The molecule has 9 heteroatoms. The molecule has 0 spiro atoms. The summed E-state index contributed by atoms with van der Waals surface area (Å²) in [6.07, 6.45) is 1.04. The first-order valence-electron chi connectivity index (χ1n) is 9.48. The number of anilines is 1. The molecule has 2 aromatic rings. The fraction of sp³-hybridized carbons (Fsp3) is 0.450. The highest BCUT2D eigenvalue weighted by Gasteiger charge is 2.18. The van der Waals surface area contributed by atoms with E-state index in [1.54, 1.807) is 25.1 Å². The van der Waals surface area contributed by atoms with E-state index in [1.807, 2.05) is 0 Å². The molecule has 0 aliphatic rings. The summed E-state index contributed by atoms with van der Waals surface area (Å²) >= 11 is 0. The third-order valence-corrected chi connectivity index (χ3v) is 5.60. The van der Waals surface area contributed by atoms with Gasteiger partial charge in [-0.25, -0.2) is 8.42 Å². The number of halogens is 1. The van der Waals surface area contributed by atoms with Crippen LogP contribution in [0.15, 0.2) is 41.3 Å². The molecule has 0 saturated heterocycles. The molecule has 0 unspecified atom stereocenters. The molecule has 7 nitrogen and oxygen atoms in total. The number of alkyl halides is 1. The third-order valence-electron chi connectivity index (χ3n) is 4.22. The van der Waals surface area contributed by atoms with Crippen molar-refractivity contribution < 1.29 is 22.3 Å². The van der Waals surface area contributed by atoms with Gasteiger partial charge in [0.05, 0.1) is 18.7 Å². The lowest BCUT2D eigenvalue weighted by Crippen LogP contribution is -2.21. The van der Waals surface area contributed by atoms with Crippen molar-refractivity contribution in [2.45, 2.75) is 31.1 Å². The van der Waals surface area contributed by atoms with Crippen LogP contribution in [-0.2, 0) is 10.0 Å². The van der Waals surface area contributed by atoms with Gasteiger partial charge in [-0.3, -0.25) is 9.11 Å². The lowest BCUT2D eigenvalue weighted by molar-refractivity contribution is 0.296. The number of nitrogens with one attached hydrogen (secondary N) is 2. The zero-order valence-corrected chi connectivity index (χ0v) is 17.8. The Morgan fingerprint density at radius 1 is 1.14 bits per heavy atom. The molecule has 160 valence electrons. The average Bonchev–Trinajstić information content (AvgIpc) is 2.73. The second kappa shape index (κ2) is 11.0. The molecule has 1 atom stereocenters. The molecule has 0 radical (unpaired) electrons. The molecule has 0 amide bonds. The Hall–Kier alpha value is -2.39. The summed E-state index contributed by atoms with van der Waals surface area (Å²) in [5, 5.41) is 3.21. The molecule has 0 fully saturated rings. The van der Waals surface area contributed by atoms with Crippen LogP contribution in [-0.4, -0.2) is 46.9 Å². The standard InChI is InChI=1S/C20H28FN3O4S/c1-4-11-22-12-13-28-19-10-9-18(20(23-19)27-3)24-29(25,26)17-7-5-16(6-8-17)15(2)14-21/h5-10,15,22,24H,4,11-14H2,1-3H3/t15-/m0/s1. The number of methoxy groups -OCH3 is 1. The molecule has 0 bridgehead atoms. The van der Waals surface area contributed by atoms with E-state index in [0.717, 1.165) is 18.5 Å². The molecular weight excluding hydrogens is 397 g/mol. The number of rotatable bonds is 12. The van der Waals surface area contributed by atoms with Gasteiger partial charge in [-0.15, -0.1) is 0 Å². The zero-order chi connectivity index (χ0) is 21.3. The average molecular weight is 426 g/mol. The first-order valence-corrected chi connectivity index (χ1v) is 11.0. The number of hydrogen-bond acceptors (Lipinski definition) is 6. The Balaban J connectivity index is 2.09. The van der Waals surface area contributed by atoms with Crippen LogP contribution in [0.3, 0.4) is 0 Å². The minimum atomic E-state index is -3.85. The quantitative estimate of drug-likeness (QED) is 0.507. The number of pyridine rings is 1. The van der Waals surface area contributed by atoms with Gasteiger partial charge in [0.15, 0.2) is 0 Å². The number of ether oxygens (including phenoxy) is 2. The third kappa shape index (κ3) is 6.57. The van der Waals surface area contributed by atoms with Crippen molar-refractivity contribution in [2.75, 3.05) is 38.2 Å². The van der Waals surface area contributed by atoms with Crippen LogP contribution < -0.4 is 19.5 Å². The number of aromatic nitrogens is 1. The van der Waals surface area contributed by atoms with Gasteiger partial charge in [-0.2, -0.15) is 4.98 Å². The molecule has 29 heavy (non-hydrogen) atoms. The van der Waals surface area contributed by atoms with Gasteiger partial charge in [0.2, 0.25) is 11.8 Å². The maximum atomic E-state index is 12.8. The summed E-state index contributed by atoms with van der Waals surface area (Å²) in [5.41, 5.74) is 0.936. The van der Waals surface area contributed by atoms with E-state index < -0.39 is 16.7 Å². The van der Waals surface area contributed by atoms with Crippen LogP contribution in [0.5, 0.6) is 11.8 Å². The van der Waals surface area contributed by atoms with Crippen LogP contribution in [0, 0.1) is 0 Å². The number of hydrogen-bond donors (Lipinski definition) is 2. The summed E-state index contributed by atoms with van der Waals surface area (Å²) in [6, 6.07) is 9.23. The minimum Gasteiger partial charge on any atom is -0.479 e. The Bertz CT molecular complexity index is 876. The normalized spacial score (nSPS) is 12.4. The summed E-state index contributed by atoms with van der Waals surface area (Å²) in [4.78, 5) is 4.26. The predicted octanol–water partition coefficient (Wildman–Crippen LogP) is 3.34. The number of benzene rings is 1. The molecule has 2 N–H and O–H groups in total. The Labute approximate surface area is 171 Å². The summed E-state index contributed by atoms with van der Waals surface area (Å²) in [5.74, 6) is 0.164. The molecule has 2 rings (SSSR count). The van der Waals surface area contributed by atoms with E-state index in [9.17, 15) is 12.8 Å². The molecular formula is C20H28FN3O4S. The van der Waals surface area contributed by atoms with E-state index in [4.69, 9.17) is 9.47 Å². The van der Waals surface area contributed by atoms with Crippen molar-refractivity contribution in [1.29, 1.82) is 0 Å². The molecule has 0 saturated carbocycles. The Morgan fingerprint density at radius 3 is 2.48 bits per heavy atom. The largest absolute Gasteiger partial charge is 0.479 e. The van der Waals surface area contributed by atoms with Gasteiger partial charge in [0.1, 0.15) is 12.3 Å². The fourth-order valence-electron chi connectivity index (χ4n) is 2.53. The highest BCUT2D eigenvalue weighted by Crippen LogP contribution is 2.28. The lowest BCUT2D eigenvalue weighted by Gasteiger charge is -2.13. The van der Waals surface area contributed by atoms with Gasteiger partial charge in [0.25, 0.3) is 10.0 Å². The minimum absolute atomic E-state index is 0.0664. The van der Waals surface area contributed by atoms with Crippen molar-refractivity contribution in [3.05, 3.63) is 42.0 Å². The first-order chi connectivity index (χ1) is 13.9. The van der Waals surface area contributed by atoms with Gasteiger partial charge in [-0.1, -0.05) is 26.0 Å². The molecule has 0 aliphatic carbocycles. The first kappa shape index (κ1) is 22.9. The molecule has 1 heterocycles. The smallest absolute Gasteiger partial charge is 0.262 e. The predicted molar refractivity (Wildman–Crippen MR) is 111 cm³/mol. The van der Waals surface area contributed by atoms with Gasteiger partial charge in [-0.05, 0) is 36.7 Å². The van der Waals surface area contributed by atoms with Crippen LogP contribution in [0.2, 0.25) is 0 Å². The second-order valence-electron chi connectivity index (χ2n) is 6.53. The van der Waals surface area contributed by atoms with Crippen molar-refractivity contribution in [1.82, 2.24) is 10.3 Å². The van der Waals surface area contributed by atoms with Crippen LogP contribution >= 0.6 is 0 Å². The maximum Gasteiger partial charge on any atom is 0.262 e. The highest BCUT2D eigenvalue weighted by atomic mass is 32.2. The van der Waals surface area contributed by atoms with Gasteiger partial charge >= 0.3 is 0 Å². The summed E-state index contributed by atoms with van der Waals surface area (Å²) in [7, 11) is -2.45. The highest BCUT2D eigenvalue weighted by molar-refractivity contribution is 7.92. The van der Waals surface area contributed by atoms with Crippen LogP contribution in [0.1, 0.15) is 31.7 Å².